The first-order chi connectivity index (χ1) is 21.5. The molecule has 2 aromatic rings. The van der Waals surface area contributed by atoms with Crippen molar-refractivity contribution in [1.82, 2.24) is 15.5 Å². The SMILES string of the molecule is CCC(=N)N1CCC(CNC(=O)[C@@H](NC(=O)C(Cc2ccc(C(=N)N)cc2)c2cccc(C(F)(F)F)c2)C2CCCCC2)CC1. The third-order valence-electron chi connectivity index (χ3n) is 9.24. The summed E-state index contributed by atoms with van der Waals surface area (Å²) in [5.41, 5.74) is 6.14. The van der Waals surface area contributed by atoms with E-state index >= 15 is 0 Å². The molecule has 0 aromatic heterocycles. The van der Waals surface area contributed by atoms with E-state index in [9.17, 15) is 22.8 Å². The number of amidine groups is 2. The summed E-state index contributed by atoms with van der Waals surface area (Å²) in [4.78, 5) is 29.8. The van der Waals surface area contributed by atoms with Gasteiger partial charge in [-0.25, -0.2) is 0 Å². The fraction of sp³-hybridized carbons (Fsp3) is 0.529. The van der Waals surface area contributed by atoms with Gasteiger partial charge >= 0.3 is 6.18 Å². The average Bonchev–Trinajstić information content (AvgIpc) is 3.05. The topological polar surface area (TPSA) is 135 Å². The summed E-state index contributed by atoms with van der Waals surface area (Å²) in [6, 6.07) is 10.7. The van der Waals surface area contributed by atoms with Crippen LogP contribution in [0.1, 0.15) is 86.5 Å². The van der Waals surface area contributed by atoms with Crippen molar-refractivity contribution in [3.05, 3.63) is 70.8 Å². The minimum absolute atomic E-state index is 0.0633. The zero-order chi connectivity index (χ0) is 32.6. The lowest BCUT2D eigenvalue weighted by molar-refractivity contribution is -0.137. The number of rotatable bonds is 11. The Labute approximate surface area is 263 Å². The van der Waals surface area contributed by atoms with Gasteiger partial charge in [0.15, 0.2) is 0 Å². The lowest BCUT2D eigenvalue weighted by Gasteiger charge is -2.34. The summed E-state index contributed by atoms with van der Waals surface area (Å²) in [7, 11) is 0. The highest BCUT2D eigenvalue weighted by molar-refractivity contribution is 5.95. The van der Waals surface area contributed by atoms with Gasteiger partial charge in [0, 0.05) is 31.6 Å². The molecule has 244 valence electrons. The molecule has 4 rings (SSSR count). The van der Waals surface area contributed by atoms with Crippen LogP contribution in [0.15, 0.2) is 48.5 Å². The number of nitrogens with one attached hydrogen (secondary N) is 4. The first kappa shape index (κ1) is 34.0. The van der Waals surface area contributed by atoms with Crippen molar-refractivity contribution in [2.24, 2.45) is 17.6 Å². The minimum Gasteiger partial charge on any atom is -0.384 e. The third kappa shape index (κ3) is 9.31. The Kier molecular flexibility index (Phi) is 11.6. The number of nitrogens with zero attached hydrogens (tertiary/aromatic N) is 1. The number of nitrogens with two attached hydrogens (primary N) is 1. The Balaban J connectivity index is 1.53. The molecule has 45 heavy (non-hydrogen) atoms. The predicted molar refractivity (Wildman–Crippen MR) is 169 cm³/mol. The molecule has 0 spiro atoms. The molecular weight excluding hydrogens is 581 g/mol. The highest BCUT2D eigenvalue weighted by Gasteiger charge is 2.35. The van der Waals surface area contributed by atoms with Crippen molar-refractivity contribution in [2.45, 2.75) is 82.8 Å². The molecule has 1 saturated heterocycles. The van der Waals surface area contributed by atoms with E-state index in [1.54, 1.807) is 24.3 Å². The van der Waals surface area contributed by atoms with Gasteiger partial charge in [-0.05, 0) is 61.1 Å². The maximum absolute atomic E-state index is 14.0. The van der Waals surface area contributed by atoms with Crippen molar-refractivity contribution in [3.8, 4) is 0 Å². The van der Waals surface area contributed by atoms with Gasteiger partial charge in [0.1, 0.15) is 11.9 Å². The van der Waals surface area contributed by atoms with Crippen LogP contribution in [0.4, 0.5) is 13.2 Å². The molecule has 2 aromatic carbocycles. The van der Waals surface area contributed by atoms with Gasteiger partial charge in [-0.15, -0.1) is 0 Å². The van der Waals surface area contributed by atoms with Gasteiger partial charge in [0.05, 0.1) is 17.3 Å². The Morgan fingerprint density at radius 1 is 0.978 bits per heavy atom. The molecule has 1 saturated carbocycles. The van der Waals surface area contributed by atoms with Crippen LogP contribution in [-0.4, -0.2) is 54.1 Å². The Hall–Kier alpha value is -3.89. The van der Waals surface area contributed by atoms with Crippen LogP contribution in [0.2, 0.25) is 0 Å². The van der Waals surface area contributed by atoms with E-state index in [0.717, 1.165) is 70.2 Å². The third-order valence-corrected chi connectivity index (χ3v) is 9.24. The predicted octanol–water partition coefficient (Wildman–Crippen LogP) is 5.60. The smallest absolute Gasteiger partial charge is 0.384 e. The monoisotopic (exact) mass is 626 g/mol. The quantitative estimate of drug-likeness (QED) is 0.164. The first-order valence-electron chi connectivity index (χ1n) is 16.0. The number of nitrogen functional groups attached to an aromatic ring is 1. The van der Waals surface area contributed by atoms with Crippen molar-refractivity contribution in [1.29, 1.82) is 10.8 Å². The number of carbonyl (C=O) groups is 2. The number of benzene rings is 2. The fourth-order valence-corrected chi connectivity index (χ4v) is 6.45. The van der Waals surface area contributed by atoms with Gasteiger partial charge in [-0.3, -0.25) is 20.4 Å². The molecule has 2 amide bonds. The molecule has 2 aliphatic rings. The van der Waals surface area contributed by atoms with Crippen LogP contribution < -0.4 is 16.4 Å². The van der Waals surface area contributed by atoms with Crippen LogP contribution in [0.5, 0.6) is 0 Å². The summed E-state index contributed by atoms with van der Waals surface area (Å²) >= 11 is 0. The Morgan fingerprint density at radius 2 is 1.64 bits per heavy atom. The van der Waals surface area contributed by atoms with Crippen LogP contribution in [0.3, 0.4) is 0 Å². The van der Waals surface area contributed by atoms with Crippen molar-refractivity contribution < 1.29 is 22.8 Å². The van der Waals surface area contributed by atoms with Crippen molar-refractivity contribution in [2.75, 3.05) is 19.6 Å². The standard InChI is InChI=1S/C34H45F3N6O2/c1-2-29(38)43-17-15-23(16-18-43)21-41-33(45)30(24-7-4-3-5-8-24)42-32(44)28(19-22-11-13-25(14-12-22)31(39)40)26-9-6-10-27(20-26)34(35,36)37/h6,9-14,20,23-24,28,30,38H,2-5,7-8,15-19,21H2,1H3,(H3,39,40)(H,41,45)(H,42,44)/t28?,30-/m0/s1. The highest BCUT2D eigenvalue weighted by atomic mass is 19.4. The van der Waals surface area contributed by atoms with Crippen LogP contribution in [0.25, 0.3) is 0 Å². The number of carbonyl (C=O) groups excluding carboxylic acids is 2. The maximum Gasteiger partial charge on any atom is 0.416 e. The normalized spacial score (nSPS) is 17.7. The number of hydrogen-bond acceptors (Lipinski definition) is 4. The maximum atomic E-state index is 14.0. The summed E-state index contributed by atoms with van der Waals surface area (Å²) in [6.07, 6.45) is 2.49. The number of hydrogen-bond donors (Lipinski definition) is 5. The molecule has 6 N–H and O–H groups in total. The summed E-state index contributed by atoms with van der Waals surface area (Å²) in [6.45, 7) is 4.00. The molecule has 11 heteroatoms. The minimum atomic E-state index is -4.57. The second-order valence-corrected chi connectivity index (χ2v) is 12.4. The fourth-order valence-electron chi connectivity index (χ4n) is 6.45. The van der Waals surface area contributed by atoms with Gasteiger partial charge < -0.3 is 21.3 Å². The number of alkyl halides is 3. The van der Waals surface area contributed by atoms with E-state index in [4.69, 9.17) is 16.6 Å². The molecule has 1 aliphatic heterocycles. The van der Waals surface area contributed by atoms with Crippen LogP contribution >= 0.6 is 0 Å². The van der Waals surface area contributed by atoms with Gasteiger partial charge in [0.25, 0.3) is 0 Å². The number of piperidine rings is 1. The largest absolute Gasteiger partial charge is 0.416 e. The summed E-state index contributed by atoms with van der Waals surface area (Å²) < 4.78 is 41.0. The number of likely N-dealkylation sites (tertiary alicyclic amines) is 1. The van der Waals surface area contributed by atoms with E-state index in [1.165, 1.54) is 12.1 Å². The Bertz CT molecular complexity index is 1330. The lowest BCUT2D eigenvalue weighted by Crippen LogP contribution is -2.53. The molecule has 1 unspecified atom stereocenters. The lowest BCUT2D eigenvalue weighted by atomic mass is 9.82. The van der Waals surface area contributed by atoms with Crippen LogP contribution in [0, 0.1) is 22.7 Å². The van der Waals surface area contributed by atoms with Crippen LogP contribution in [-0.2, 0) is 22.2 Å². The molecule has 0 bridgehead atoms. The molecule has 1 aliphatic carbocycles. The van der Waals surface area contributed by atoms with E-state index in [-0.39, 0.29) is 35.6 Å². The average molecular weight is 627 g/mol. The molecule has 0 radical (unpaired) electrons. The van der Waals surface area contributed by atoms with E-state index < -0.39 is 29.6 Å². The van der Waals surface area contributed by atoms with Gasteiger partial charge in [0.2, 0.25) is 11.8 Å². The molecule has 8 nitrogen and oxygen atoms in total. The summed E-state index contributed by atoms with van der Waals surface area (Å²) in [5.74, 6) is -1.01. The second-order valence-electron chi connectivity index (χ2n) is 12.4. The second kappa shape index (κ2) is 15.4. The number of halogens is 3. The number of amides is 2. The zero-order valence-corrected chi connectivity index (χ0v) is 25.9. The Morgan fingerprint density at radius 3 is 2.24 bits per heavy atom. The molecule has 2 fully saturated rings. The highest BCUT2D eigenvalue weighted by Crippen LogP contribution is 2.33. The van der Waals surface area contributed by atoms with Crippen molar-refractivity contribution in [3.63, 3.8) is 0 Å². The summed E-state index contributed by atoms with van der Waals surface area (Å²) in [5, 5.41) is 21.8. The van der Waals surface area contributed by atoms with E-state index in [0.29, 0.717) is 29.9 Å². The van der Waals surface area contributed by atoms with Crippen molar-refractivity contribution >= 4 is 23.5 Å². The van der Waals surface area contributed by atoms with E-state index in [2.05, 4.69) is 15.5 Å². The molecule has 1 heterocycles. The molecule has 2 atom stereocenters. The molecular formula is C34H45F3N6O2. The van der Waals surface area contributed by atoms with E-state index in [1.807, 2.05) is 6.92 Å². The van der Waals surface area contributed by atoms with Gasteiger partial charge in [-0.1, -0.05) is 68.7 Å². The first-order valence-corrected chi connectivity index (χ1v) is 16.0. The van der Waals surface area contributed by atoms with Gasteiger partial charge in [-0.2, -0.15) is 13.2 Å². The zero-order valence-electron chi connectivity index (χ0n) is 25.9.